The zero-order valence-corrected chi connectivity index (χ0v) is 17.7. The van der Waals surface area contributed by atoms with Crippen molar-refractivity contribution in [1.82, 2.24) is 14.9 Å². The van der Waals surface area contributed by atoms with Gasteiger partial charge in [-0.3, -0.25) is 4.79 Å². The van der Waals surface area contributed by atoms with Crippen molar-refractivity contribution in [2.45, 2.75) is 6.04 Å². The summed E-state index contributed by atoms with van der Waals surface area (Å²) in [5.41, 5.74) is -1.27. The average molecular weight is 456 g/mol. The number of pyridine rings is 2. The summed E-state index contributed by atoms with van der Waals surface area (Å²) in [7, 11) is 1.53. The number of fused-ring (bicyclic) bond motifs is 2. The maximum Gasteiger partial charge on any atom is 0.341 e. The van der Waals surface area contributed by atoms with Crippen molar-refractivity contribution >= 4 is 44.9 Å². The van der Waals surface area contributed by atoms with Crippen molar-refractivity contribution in [3.63, 3.8) is 0 Å². The predicted octanol–water partition coefficient (Wildman–Crippen LogP) is 3.28. The molecule has 0 amide bonds. The molecule has 0 aliphatic carbocycles. The first-order valence-electron chi connectivity index (χ1n) is 9.92. The fourth-order valence-electron chi connectivity index (χ4n) is 4.20. The molecule has 1 atom stereocenters. The summed E-state index contributed by atoms with van der Waals surface area (Å²) in [4.78, 5) is 31.0. The highest BCUT2D eigenvalue weighted by molar-refractivity contribution is 7.10. The van der Waals surface area contributed by atoms with Gasteiger partial charge in [0.2, 0.25) is 5.43 Å². The monoisotopic (exact) mass is 456 g/mol. The van der Waals surface area contributed by atoms with Gasteiger partial charge in [-0.2, -0.15) is 0 Å². The Labute approximate surface area is 184 Å². The Bertz CT molecular complexity index is 1440. The van der Waals surface area contributed by atoms with Gasteiger partial charge in [0.1, 0.15) is 28.2 Å². The van der Waals surface area contributed by atoms with Crippen molar-refractivity contribution in [2.24, 2.45) is 7.05 Å². The minimum absolute atomic E-state index is 0.00798. The normalized spacial score (nSPS) is 16.7. The van der Waals surface area contributed by atoms with Gasteiger partial charge in [-0.1, -0.05) is 6.07 Å². The van der Waals surface area contributed by atoms with Crippen LogP contribution in [0.5, 0.6) is 0 Å². The molecule has 5 rings (SSSR count). The number of hydrogen-bond donors (Lipinski definition) is 2. The van der Waals surface area contributed by atoms with Gasteiger partial charge in [-0.25, -0.2) is 18.6 Å². The van der Waals surface area contributed by atoms with Gasteiger partial charge in [0, 0.05) is 43.1 Å². The molecule has 10 heteroatoms. The van der Waals surface area contributed by atoms with Crippen LogP contribution in [0.25, 0.3) is 21.9 Å². The lowest BCUT2D eigenvalue weighted by molar-refractivity contribution is 0.0695. The van der Waals surface area contributed by atoms with Crippen LogP contribution >= 0.6 is 11.3 Å². The minimum atomic E-state index is -1.38. The van der Waals surface area contributed by atoms with Crippen molar-refractivity contribution in [3.8, 4) is 0 Å². The summed E-state index contributed by atoms with van der Waals surface area (Å²) in [6, 6.07) is 6.33. The van der Waals surface area contributed by atoms with Gasteiger partial charge in [0.15, 0.2) is 5.82 Å². The van der Waals surface area contributed by atoms with Crippen LogP contribution in [-0.2, 0) is 7.05 Å². The molecule has 4 heterocycles. The molecule has 4 aromatic rings. The van der Waals surface area contributed by atoms with E-state index in [1.165, 1.54) is 17.7 Å². The van der Waals surface area contributed by atoms with Crippen molar-refractivity contribution in [1.29, 1.82) is 0 Å². The van der Waals surface area contributed by atoms with E-state index in [0.29, 0.717) is 19.6 Å². The highest BCUT2D eigenvalue weighted by Gasteiger charge is 2.28. The Morgan fingerprint density at radius 2 is 2.16 bits per heavy atom. The van der Waals surface area contributed by atoms with Gasteiger partial charge in [-0.05, 0) is 23.6 Å². The molecule has 1 unspecified atom stereocenters. The summed E-state index contributed by atoms with van der Waals surface area (Å²) in [5, 5.41) is 14.7. The molecule has 3 aromatic heterocycles. The predicted molar refractivity (Wildman–Crippen MR) is 119 cm³/mol. The van der Waals surface area contributed by atoms with Crippen LogP contribution in [0.1, 0.15) is 21.3 Å². The van der Waals surface area contributed by atoms with E-state index in [9.17, 15) is 14.7 Å². The molecule has 2 N–H and O–H groups in total. The van der Waals surface area contributed by atoms with Gasteiger partial charge >= 0.3 is 5.97 Å². The molecule has 32 heavy (non-hydrogen) atoms. The number of nitrogens with zero attached hydrogens (tertiary/aromatic N) is 3. The highest BCUT2D eigenvalue weighted by Crippen LogP contribution is 2.33. The van der Waals surface area contributed by atoms with E-state index in [0.717, 1.165) is 17.1 Å². The first kappa shape index (κ1) is 20.5. The van der Waals surface area contributed by atoms with Crippen LogP contribution in [-0.4, -0.2) is 40.3 Å². The Hall–Kier alpha value is -3.37. The molecule has 1 aromatic carbocycles. The number of aromatic carboxylic acids is 1. The van der Waals surface area contributed by atoms with Gasteiger partial charge in [-0.15, -0.1) is 11.3 Å². The summed E-state index contributed by atoms with van der Waals surface area (Å²) < 4.78 is 32.1. The second-order valence-electron chi connectivity index (χ2n) is 7.71. The number of aromatic nitrogens is 2. The summed E-state index contributed by atoms with van der Waals surface area (Å²) in [6.07, 6.45) is 1.15. The van der Waals surface area contributed by atoms with E-state index in [1.807, 2.05) is 17.5 Å². The molecular weight excluding hydrogens is 438 g/mol. The third-order valence-corrected chi connectivity index (χ3v) is 6.70. The highest BCUT2D eigenvalue weighted by atomic mass is 32.1. The zero-order valence-electron chi connectivity index (χ0n) is 16.9. The third kappa shape index (κ3) is 3.23. The number of carbonyl (C=O) groups is 1. The Morgan fingerprint density at radius 1 is 1.34 bits per heavy atom. The fourth-order valence-corrected chi connectivity index (χ4v) is 4.99. The number of piperazine rings is 1. The maximum absolute atomic E-state index is 15.6. The lowest BCUT2D eigenvalue weighted by Crippen LogP contribution is -2.46. The minimum Gasteiger partial charge on any atom is -0.477 e. The number of carboxylic acid groups (broad SMARTS) is 1. The number of carboxylic acids is 1. The Morgan fingerprint density at radius 3 is 2.88 bits per heavy atom. The van der Waals surface area contributed by atoms with Crippen LogP contribution in [0.4, 0.5) is 14.5 Å². The molecule has 1 fully saturated rings. The molecule has 1 aliphatic rings. The lowest BCUT2D eigenvalue weighted by Gasteiger charge is -2.35. The number of hydrogen-bond acceptors (Lipinski definition) is 6. The molecule has 1 saturated heterocycles. The second-order valence-corrected chi connectivity index (χ2v) is 8.69. The third-order valence-electron chi connectivity index (χ3n) is 5.71. The van der Waals surface area contributed by atoms with E-state index < -0.39 is 28.6 Å². The fraction of sp³-hybridized carbons (Fsp3) is 0.227. The number of halogens is 2. The molecule has 0 saturated carbocycles. The van der Waals surface area contributed by atoms with E-state index in [2.05, 4.69) is 10.3 Å². The zero-order chi connectivity index (χ0) is 22.6. The average Bonchev–Trinajstić information content (AvgIpc) is 3.30. The number of thiophene rings is 1. The van der Waals surface area contributed by atoms with E-state index >= 15 is 8.78 Å². The molecule has 0 spiro atoms. The van der Waals surface area contributed by atoms with Gasteiger partial charge < -0.3 is 19.9 Å². The summed E-state index contributed by atoms with van der Waals surface area (Å²) in [5.74, 6) is -2.93. The Balaban J connectivity index is 1.66. The van der Waals surface area contributed by atoms with Crippen LogP contribution in [0.15, 0.2) is 40.6 Å². The van der Waals surface area contributed by atoms with Crippen molar-refractivity contribution in [2.75, 3.05) is 24.5 Å². The largest absolute Gasteiger partial charge is 0.477 e. The molecule has 7 nitrogen and oxygen atoms in total. The number of nitrogens with one attached hydrogen (secondary N) is 1. The quantitative estimate of drug-likeness (QED) is 0.460. The van der Waals surface area contributed by atoms with Gasteiger partial charge in [0.05, 0.1) is 11.4 Å². The summed E-state index contributed by atoms with van der Waals surface area (Å²) >= 11 is 1.58. The van der Waals surface area contributed by atoms with Gasteiger partial charge in [0.25, 0.3) is 0 Å². The van der Waals surface area contributed by atoms with Crippen LogP contribution < -0.4 is 15.6 Å². The SMILES string of the molecule is Cn1cc(C(=O)O)c(=O)c2cc3cc(F)c(N4CCNC(c5cccs5)C4)c(F)c3nc21. The van der Waals surface area contributed by atoms with E-state index in [1.54, 1.807) is 16.2 Å². The lowest BCUT2D eigenvalue weighted by atomic mass is 10.1. The summed E-state index contributed by atoms with van der Waals surface area (Å²) in [6.45, 7) is 1.39. The standard InChI is InChI=1S/C22H18F2N4O3S/c1-27-9-13(22(30)31)20(29)12-7-11-8-14(23)19(17(24)18(11)26-21(12)27)28-5-4-25-15(10-28)16-3-2-6-32-16/h2-3,6-9,15,25H,4-5,10H2,1H3,(H,30,31). The Kier molecular flexibility index (Phi) is 4.90. The molecule has 0 bridgehead atoms. The first-order valence-corrected chi connectivity index (χ1v) is 10.8. The number of benzene rings is 1. The van der Waals surface area contributed by atoms with E-state index in [4.69, 9.17) is 0 Å². The molecule has 0 radical (unpaired) electrons. The second kappa shape index (κ2) is 7.64. The maximum atomic E-state index is 15.6. The number of anilines is 1. The number of aryl methyl sites for hydroxylation is 1. The van der Waals surface area contributed by atoms with Crippen LogP contribution in [0, 0.1) is 11.6 Å². The van der Waals surface area contributed by atoms with Crippen LogP contribution in [0.2, 0.25) is 0 Å². The van der Waals surface area contributed by atoms with Crippen molar-refractivity contribution < 1.29 is 18.7 Å². The molecule has 1 aliphatic heterocycles. The van der Waals surface area contributed by atoms with E-state index in [-0.39, 0.29) is 33.7 Å². The molecular formula is C22H18F2N4O3S. The van der Waals surface area contributed by atoms with Crippen molar-refractivity contribution in [3.05, 3.63) is 68.1 Å². The smallest absolute Gasteiger partial charge is 0.341 e. The van der Waals surface area contributed by atoms with Crippen LogP contribution in [0.3, 0.4) is 0 Å². The molecule has 164 valence electrons. The first-order chi connectivity index (χ1) is 15.3. The topological polar surface area (TPSA) is 87.5 Å². The number of rotatable bonds is 3.